The summed E-state index contributed by atoms with van der Waals surface area (Å²) in [5.74, 6) is -0.384. The molecule has 1 N–H and O–H groups in total. The molecule has 176 valence electrons. The average molecular weight is 464 g/mol. The van der Waals surface area contributed by atoms with Crippen LogP contribution in [0.2, 0.25) is 0 Å². The predicted molar refractivity (Wildman–Crippen MR) is 122 cm³/mol. The van der Waals surface area contributed by atoms with Gasteiger partial charge in [-0.3, -0.25) is 19.7 Å². The third kappa shape index (κ3) is 3.51. The molecule has 2 aliphatic heterocycles. The minimum atomic E-state index is -0.706. The van der Waals surface area contributed by atoms with Crippen LogP contribution in [0.3, 0.4) is 0 Å². The topological polar surface area (TPSA) is 118 Å². The Hall–Kier alpha value is -3.76. The third-order valence-electron chi connectivity index (χ3n) is 6.66. The van der Waals surface area contributed by atoms with Gasteiger partial charge in [-0.15, -0.1) is 0 Å². The number of para-hydroxylation sites is 1. The van der Waals surface area contributed by atoms with E-state index in [2.05, 4.69) is 4.98 Å². The Balaban J connectivity index is 1.61. The van der Waals surface area contributed by atoms with Gasteiger partial charge in [0.2, 0.25) is 11.8 Å². The van der Waals surface area contributed by atoms with E-state index in [0.29, 0.717) is 12.0 Å². The SMILES string of the molecule is COC(CN1CC(=O)N2C(Cc3c([nH]c4ccccc34)C2c2ccc([N+](=O)[O-])cc2)C1=O)OC. The molecule has 2 unspecified atom stereocenters. The molecule has 34 heavy (non-hydrogen) atoms. The first-order valence-electron chi connectivity index (χ1n) is 10.9. The van der Waals surface area contributed by atoms with Crippen molar-refractivity contribution in [1.82, 2.24) is 14.8 Å². The number of ether oxygens (including phenoxy) is 2. The fourth-order valence-electron chi connectivity index (χ4n) is 5.03. The van der Waals surface area contributed by atoms with E-state index in [1.54, 1.807) is 17.0 Å². The van der Waals surface area contributed by atoms with E-state index >= 15 is 0 Å². The highest BCUT2D eigenvalue weighted by molar-refractivity contribution is 5.97. The molecule has 0 spiro atoms. The molecule has 1 saturated heterocycles. The highest BCUT2D eigenvalue weighted by Crippen LogP contribution is 2.42. The van der Waals surface area contributed by atoms with Crippen LogP contribution in [-0.2, 0) is 25.5 Å². The number of nitro groups is 1. The maximum atomic E-state index is 13.6. The van der Waals surface area contributed by atoms with Crippen LogP contribution >= 0.6 is 0 Å². The number of aromatic amines is 1. The summed E-state index contributed by atoms with van der Waals surface area (Å²) in [7, 11) is 2.97. The summed E-state index contributed by atoms with van der Waals surface area (Å²) in [6, 6.07) is 12.7. The van der Waals surface area contributed by atoms with E-state index in [4.69, 9.17) is 9.47 Å². The molecular formula is C24H24N4O6. The van der Waals surface area contributed by atoms with Crippen LogP contribution in [0, 0.1) is 10.1 Å². The molecule has 0 saturated carbocycles. The predicted octanol–water partition coefficient (Wildman–Crippen LogP) is 2.38. The van der Waals surface area contributed by atoms with Crippen molar-refractivity contribution in [1.29, 1.82) is 0 Å². The van der Waals surface area contributed by atoms with E-state index in [1.807, 2.05) is 24.3 Å². The van der Waals surface area contributed by atoms with Gasteiger partial charge in [0, 0.05) is 49.4 Å². The Bertz CT molecular complexity index is 1270. The van der Waals surface area contributed by atoms with Crippen molar-refractivity contribution in [3.63, 3.8) is 0 Å². The first-order valence-corrected chi connectivity index (χ1v) is 10.9. The van der Waals surface area contributed by atoms with E-state index in [9.17, 15) is 19.7 Å². The lowest BCUT2D eigenvalue weighted by molar-refractivity contribution is -0.384. The van der Waals surface area contributed by atoms with E-state index in [1.165, 1.54) is 31.3 Å². The minimum absolute atomic E-state index is 0.0367. The molecule has 2 aromatic carbocycles. The normalized spacial score (nSPS) is 20.1. The van der Waals surface area contributed by atoms with Crippen LogP contribution < -0.4 is 0 Å². The van der Waals surface area contributed by atoms with Crippen LogP contribution in [0.4, 0.5) is 5.69 Å². The van der Waals surface area contributed by atoms with Gasteiger partial charge in [-0.2, -0.15) is 0 Å². The van der Waals surface area contributed by atoms with Gasteiger partial charge >= 0.3 is 0 Å². The Morgan fingerprint density at radius 1 is 1.12 bits per heavy atom. The number of H-pyrrole nitrogens is 1. The number of rotatable bonds is 6. The van der Waals surface area contributed by atoms with E-state index in [0.717, 1.165) is 22.2 Å². The number of nitro benzene ring substituents is 1. The van der Waals surface area contributed by atoms with Gasteiger partial charge in [0.1, 0.15) is 12.6 Å². The van der Waals surface area contributed by atoms with Gasteiger partial charge in [-0.25, -0.2) is 0 Å². The largest absolute Gasteiger partial charge is 0.356 e. The Labute approximate surface area is 195 Å². The lowest BCUT2D eigenvalue weighted by Crippen LogP contribution is -2.63. The fourth-order valence-corrected chi connectivity index (χ4v) is 5.03. The monoisotopic (exact) mass is 464 g/mol. The Morgan fingerprint density at radius 2 is 1.82 bits per heavy atom. The van der Waals surface area contributed by atoms with Crippen LogP contribution in [-0.4, -0.2) is 71.2 Å². The molecule has 3 aromatic rings. The lowest BCUT2D eigenvalue weighted by Gasteiger charge is -2.47. The van der Waals surface area contributed by atoms with Crippen molar-refractivity contribution < 1.29 is 24.0 Å². The summed E-state index contributed by atoms with van der Waals surface area (Å²) in [6.07, 6.45) is -0.268. The second-order valence-corrected chi connectivity index (χ2v) is 8.45. The molecular weight excluding hydrogens is 440 g/mol. The average Bonchev–Trinajstić information content (AvgIpc) is 3.22. The molecule has 2 aliphatic rings. The van der Waals surface area contributed by atoms with Crippen molar-refractivity contribution in [3.05, 3.63) is 75.5 Å². The highest BCUT2D eigenvalue weighted by atomic mass is 16.7. The lowest BCUT2D eigenvalue weighted by atomic mass is 9.86. The number of nitrogens with one attached hydrogen (secondary N) is 1. The fraction of sp³-hybridized carbons (Fsp3) is 0.333. The number of amides is 2. The van der Waals surface area contributed by atoms with Gasteiger partial charge in [-0.05, 0) is 29.3 Å². The van der Waals surface area contributed by atoms with Crippen LogP contribution in [0.5, 0.6) is 0 Å². The summed E-state index contributed by atoms with van der Waals surface area (Å²) < 4.78 is 10.5. The molecule has 3 heterocycles. The number of hydrogen-bond acceptors (Lipinski definition) is 6. The van der Waals surface area contributed by atoms with Gasteiger partial charge < -0.3 is 24.3 Å². The maximum absolute atomic E-state index is 13.6. The molecule has 0 bridgehead atoms. The van der Waals surface area contributed by atoms with Crippen LogP contribution in [0.15, 0.2) is 48.5 Å². The second-order valence-electron chi connectivity index (χ2n) is 8.45. The number of aromatic nitrogens is 1. The molecule has 0 radical (unpaired) electrons. The standard InChI is InChI=1S/C24H24N4O6/c1-33-21(34-2)13-26-12-20(29)27-19(24(26)30)11-17-16-5-3-4-6-18(16)25-22(17)23(27)14-7-9-15(10-8-14)28(31)32/h3-10,19,21,23,25H,11-13H2,1-2H3. The second kappa shape index (κ2) is 8.54. The van der Waals surface area contributed by atoms with Gasteiger partial charge in [-0.1, -0.05) is 18.2 Å². The number of carbonyl (C=O) groups excluding carboxylic acids is 2. The molecule has 1 aromatic heterocycles. The molecule has 2 atom stereocenters. The highest BCUT2D eigenvalue weighted by Gasteiger charge is 2.48. The smallest absolute Gasteiger partial charge is 0.269 e. The molecule has 10 nitrogen and oxygen atoms in total. The first kappa shape index (κ1) is 22.1. The van der Waals surface area contributed by atoms with Crippen molar-refractivity contribution in [3.8, 4) is 0 Å². The van der Waals surface area contributed by atoms with Crippen LogP contribution in [0.25, 0.3) is 10.9 Å². The van der Waals surface area contributed by atoms with Gasteiger partial charge in [0.05, 0.1) is 17.5 Å². The summed E-state index contributed by atoms with van der Waals surface area (Å²) in [5.41, 5.74) is 3.37. The van der Waals surface area contributed by atoms with Crippen molar-refractivity contribution in [2.45, 2.75) is 24.8 Å². The minimum Gasteiger partial charge on any atom is -0.356 e. The number of nitrogens with zero attached hydrogens (tertiary/aromatic N) is 3. The van der Waals surface area contributed by atoms with Crippen molar-refractivity contribution in [2.24, 2.45) is 0 Å². The number of hydrogen-bond donors (Lipinski definition) is 1. The number of carbonyl (C=O) groups is 2. The zero-order chi connectivity index (χ0) is 24.0. The number of methoxy groups -OCH3 is 2. The summed E-state index contributed by atoms with van der Waals surface area (Å²) in [4.78, 5) is 44.3. The number of benzene rings is 2. The van der Waals surface area contributed by atoms with E-state index in [-0.39, 0.29) is 30.6 Å². The van der Waals surface area contributed by atoms with Crippen LogP contribution in [0.1, 0.15) is 22.9 Å². The third-order valence-corrected chi connectivity index (χ3v) is 6.66. The summed E-state index contributed by atoms with van der Waals surface area (Å²) in [5, 5.41) is 12.2. The zero-order valence-electron chi connectivity index (χ0n) is 18.8. The van der Waals surface area contributed by atoms with Gasteiger partial charge in [0.25, 0.3) is 5.69 Å². The van der Waals surface area contributed by atoms with Crippen molar-refractivity contribution in [2.75, 3.05) is 27.3 Å². The van der Waals surface area contributed by atoms with Crippen molar-refractivity contribution >= 4 is 28.4 Å². The van der Waals surface area contributed by atoms with E-state index < -0.39 is 23.3 Å². The maximum Gasteiger partial charge on any atom is 0.269 e. The quantitative estimate of drug-likeness (QED) is 0.340. The Morgan fingerprint density at radius 3 is 2.50 bits per heavy atom. The first-order chi connectivity index (χ1) is 16.4. The zero-order valence-corrected chi connectivity index (χ0v) is 18.8. The Kier molecular flexibility index (Phi) is 5.54. The molecule has 10 heteroatoms. The number of non-ortho nitro benzene ring substituents is 1. The molecule has 5 rings (SSSR count). The summed E-state index contributed by atoms with van der Waals surface area (Å²) in [6.45, 7) is 0.0441. The summed E-state index contributed by atoms with van der Waals surface area (Å²) >= 11 is 0. The van der Waals surface area contributed by atoms with Gasteiger partial charge in [0.15, 0.2) is 6.29 Å². The number of fused-ring (bicyclic) bond motifs is 4. The number of piperazine rings is 1. The molecule has 1 fully saturated rings. The molecule has 0 aliphatic carbocycles. The molecule has 2 amide bonds.